The Hall–Kier alpha value is -0.890. The highest BCUT2D eigenvalue weighted by Gasteiger charge is 2.22. The van der Waals surface area contributed by atoms with E-state index in [1.165, 1.54) is 25.7 Å². The lowest BCUT2D eigenvalue weighted by Gasteiger charge is -2.37. The van der Waals surface area contributed by atoms with Gasteiger partial charge in [-0.3, -0.25) is 0 Å². The predicted molar refractivity (Wildman–Crippen MR) is 71.1 cm³/mol. The molecule has 88 valence electrons. The molecule has 2 rings (SSSR count). The first-order chi connectivity index (χ1) is 7.72. The predicted octanol–water partition coefficient (Wildman–Crippen LogP) is 3.69. The van der Waals surface area contributed by atoms with Crippen molar-refractivity contribution in [3.63, 3.8) is 0 Å². The molecular weight excluding hydrogens is 220 g/mol. The Kier molecular flexibility index (Phi) is 3.59. The highest BCUT2D eigenvalue weighted by Crippen LogP contribution is 2.32. The van der Waals surface area contributed by atoms with E-state index in [9.17, 15) is 0 Å². The molecule has 1 fully saturated rings. The van der Waals surface area contributed by atoms with Crippen LogP contribution >= 0.6 is 11.6 Å². The Balaban J connectivity index is 2.27. The Morgan fingerprint density at radius 2 is 2.25 bits per heavy atom. The lowest BCUT2D eigenvalue weighted by Crippen LogP contribution is -2.39. The normalized spacial score (nSPS) is 21.1. The Morgan fingerprint density at radius 3 is 2.94 bits per heavy atom. The van der Waals surface area contributed by atoms with E-state index in [1.54, 1.807) is 0 Å². The molecule has 1 heterocycles. The van der Waals surface area contributed by atoms with E-state index in [0.717, 1.165) is 17.9 Å². The third-order valence-corrected chi connectivity index (χ3v) is 3.63. The van der Waals surface area contributed by atoms with Gasteiger partial charge in [0.15, 0.2) is 0 Å². The molecule has 2 N–H and O–H groups in total. The van der Waals surface area contributed by atoms with Crippen molar-refractivity contribution < 1.29 is 0 Å². The maximum absolute atomic E-state index is 6.04. The van der Waals surface area contributed by atoms with Gasteiger partial charge in [-0.25, -0.2) is 0 Å². The average Bonchev–Trinajstić information content (AvgIpc) is 2.29. The first-order valence-corrected chi connectivity index (χ1v) is 6.42. The SMILES string of the molecule is CC[C@H]1CCCCN1c1ccc(Cl)cc1N. The molecule has 0 spiro atoms. The molecule has 1 aliphatic heterocycles. The van der Waals surface area contributed by atoms with Crippen LogP contribution in [0.1, 0.15) is 32.6 Å². The second-order valence-electron chi connectivity index (χ2n) is 4.45. The maximum Gasteiger partial charge on any atom is 0.0603 e. The fourth-order valence-corrected chi connectivity index (χ4v) is 2.71. The van der Waals surface area contributed by atoms with Crippen molar-refractivity contribution in [2.24, 2.45) is 0 Å². The number of hydrogen-bond acceptors (Lipinski definition) is 2. The van der Waals surface area contributed by atoms with Gasteiger partial charge in [0.1, 0.15) is 0 Å². The van der Waals surface area contributed by atoms with Gasteiger partial charge in [-0.1, -0.05) is 18.5 Å². The zero-order chi connectivity index (χ0) is 11.5. The van der Waals surface area contributed by atoms with Crippen LogP contribution in [-0.4, -0.2) is 12.6 Å². The molecule has 1 aromatic carbocycles. The molecule has 1 aliphatic rings. The van der Waals surface area contributed by atoms with Crippen LogP contribution in [0, 0.1) is 0 Å². The van der Waals surface area contributed by atoms with Gasteiger partial charge >= 0.3 is 0 Å². The number of nitrogens with two attached hydrogens (primary N) is 1. The lowest BCUT2D eigenvalue weighted by molar-refractivity contribution is 0.450. The number of nitrogen functional groups attached to an aromatic ring is 1. The van der Waals surface area contributed by atoms with Gasteiger partial charge in [0.25, 0.3) is 0 Å². The number of hydrogen-bond donors (Lipinski definition) is 1. The zero-order valence-corrected chi connectivity index (χ0v) is 10.5. The standard InChI is InChI=1S/C13H19ClN2/c1-2-11-5-3-4-8-16(11)13-7-6-10(14)9-12(13)15/h6-7,9,11H,2-5,8,15H2,1H3/t11-/m0/s1. The number of nitrogens with zero attached hydrogens (tertiary/aromatic N) is 1. The summed E-state index contributed by atoms with van der Waals surface area (Å²) in [7, 11) is 0. The van der Waals surface area contributed by atoms with Crippen molar-refractivity contribution in [1.82, 2.24) is 0 Å². The summed E-state index contributed by atoms with van der Waals surface area (Å²) in [6.07, 6.45) is 5.06. The van der Waals surface area contributed by atoms with Crippen molar-refractivity contribution >= 4 is 23.0 Å². The first-order valence-electron chi connectivity index (χ1n) is 6.04. The van der Waals surface area contributed by atoms with Crippen LogP contribution in [0.15, 0.2) is 18.2 Å². The second kappa shape index (κ2) is 4.96. The molecule has 2 nitrogen and oxygen atoms in total. The summed E-state index contributed by atoms with van der Waals surface area (Å²) in [6, 6.07) is 6.45. The molecule has 1 aromatic rings. The van der Waals surface area contributed by atoms with Gasteiger partial charge in [-0.2, -0.15) is 0 Å². The van der Waals surface area contributed by atoms with Crippen molar-refractivity contribution in [3.8, 4) is 0 Å². The van der Waals surface area contributed by atoms with Crippen LogP contribution in [0.5, 0.6) is 0 Å². The zero-order valence-electron chi connectivity index (χ0n) is 9.75. The fourth-order valence-electron chi connectivity index (χ4n) is 2.53. The number of rotatable bonds is 2. The van der Waals surface area contributed by atoms with E-state index in [2.05, 4.69) is 11.8 Å². The van der Waals surface area contributed by atoms with Crippen LogP contribution in [-0.2, 0) is 0 Å². The number of benzene rings is 1. The highest BCUT2D eigenvalue weighted by molar-refractivity contribution is 6.31. The minimum Gasteiger partial charge on any atom is -0.397 e. The monoisotopic (exact) mass is 238 g/mol. The molecule has 0 bridgehead atoms. The van der Waals surface area contributed by atoms with Gasteiger partial charge in [-0.15, -0.1) is 0 Å². The molecule has 0 aliphatic carbocycles. The Bertz CT molecular complexity index is 365. The van der Waals surface area contributed by atoms with Crippen molar-refractivity contribution in [1.29, 1.82) is 0 Å². The number of anilines is 2. The van der Waals surface area contributed by atoms with E-state index in [0.29, 0.717) is 11.1 Å². The van der Waals surface area contributed by atoms with E-state index < -0.39 is 0 Å². The Labute approximate surface area is 102 Å². The highest BCUT2D eigenvalue weighted by atomic mass is 35.5. The first kappa shape index (κ1) is 11.6. The van der Waals surface area contributed by atoms with Crippen LogP contribution in [0.3, 0.4) is 0 Å². The third-order valence-electron chi connectivity index (χ3n) is 3.40. The van der Waals surface area contributed by atoms with Gasteiger partial charge in [0, 0.05) is 17.6 Å². The van der Waals surface area contributed by atoms with Gasteiger partial charge in [0.2, 0.25) is 0 Å². The van der Waals surface area contributed by atoms with E-state index >= 15 is 0 Å². The van der Waals surface area contributed by atoms with Crippen LogP contribution in [0.25, 0.3) is 0 Å². The van der Waals surface area contributed by atoms with E-state index in [4.69, 9.17) is 17.3 Å². The van der Waals surface area contributed by atoms with Crippen LogP contribution < -0.4 is 10.6 Å². The summed E-state index contributed by atoms with van der Waals surface area (Å²) in [4.78, 5) is 2.44. The number of piperidine rings is 1. The van der Waals surface area contributed by atoms with Crippen LogP contribution in [0.2, 0.25) is 5.02 Å². The summed E-state index contributed by atoms with van der Waals surface area (Å²) < 4.78 is 0. The fraction of sp³-hybridized carbons (Fsp3) is 0.538. The maximum atomic E-state index is 6.04. The molecule has 3 heteroatoms. The minimum atomic E-state index is 0.636. The second-order valence-corrected chi connectivity index (χ2v) is 4.89. The summed E-state index contributed by atoms with van der Waals surface area (Å²) in [5, 5.41) is 0.714. The van der Waals surface area contributed by atoms with Gasteiger partial charge in [0.05, 0.1) is 11.4 Å². The average molecular weight is 239 g/mol. The molecule has 0 radical (unpaired) electrons. The van der Waals surface area contributed by atoms with Gasteiger partial charge in [-0.05, 0) is 43.9 Å². The molecular formula is C13H19ClN2. The molecule has 0 unspecified atom stereocenters. The van der Waals surface area contributed by atoms with Crippen molar-refractivity contribution in [2.75, 3.05) is 17.2 Å². The minimum absolute atomic E-state index is 0.636. The van der Waals surface area contributed by atoms with Crippen molar-refractivity contribution in [3.05, 3.63) is 23.2 Å². The number of halogens is 1. The van der Waals surface area contributed by atoms with Gasteiger partial charge < -0.3 is 10.6 Å². The molecule has 1 atom stereocenters. The topological polar surface area (TPSA) is 29.3 Å². The van der Waals surface area contributed by atoms with E-state index in [1.807, 2.05) is 18.2 Å². The molecule has 0 aromatic heterocycles. The molecule has 0 saturated carbocycles. The van der Waals surface area contributed by atoms with Crippen LogP contribution in [0.4, 0.5) is 11.4 Å². The molecule has 1 saturated heterocycles. The third kappa shape index (κ3) is 2.27. The smallest absolute Gasteiger partial charge is 0.0603 e. The quantitative estimate of drug-likeness (QED) is 0.797. The molecule has 16 heavy (non-hydrogen) atoms. The van der Waals surface area contributed by atoms with E-state index in [-0.39, 0.29) is 0 Å². The largest absolute Gasteiger partial charge is 0.397 e. The van der Waals surface area contributed by atoms with Crippen molar-refractivity contribution in [2.45, 2.75) is 38.6 Å². The summed E-state index contributed by atoms with van der Waals surface area (Å²) in [6.45, 7) is 3.36. The summed E-state index contributed by atoms with van der Waals surface area (Å²) in [5.74, 6) is 0. The Morgan fingerprint density at radius 1 is 1.44 bits per heavy atom. The molecule has 0 amide bonds. The summed E-state index contributed by atoms with van der Waals surface area (Å²) >= 11 is 5.93. The summed E-state index contributed by atoms with van der Waals surface area (Å²) in [5.41, 5.74) is 7.99. The lowest BCUT2D eigenvalue weighted by atomic mass is 9.99.